The number of aliphatic hydroxyl groups excluding tert-OH is 1. The van der Waals surface area contributed by atoms with Gasteiger partial charge in [0.15, 0.2) is 5.78 Å². The van der Waals surface area contributed by atoms with Gasteiger partial charge in [-0.05, 0) is 42.3 Å². The lowest BCUT2D eigenvalue weighted by atomic mass is 10.1. The fourth-order valence-corrected chi connectivity index (χ4v) is 3.67. The molecule has 7 heteroatoms. The molecule has 1 saturated heterocycles. The van der Waals surface area contributed by atoms with E-state index in [1.165, 1.54) is 12.1 Å². The van der Waals surface area contributed by atoms with Crippen LogP contribution in [0, 0.1) is 5.82 Å². The number of carbonyl (C=O) groups is 2. The van der Waals surface area contributed by atoms with Crippen molar-refractivity contribution in [3.8, 4) is 0 Å². The van der Waals surface area contributed by atoms with Gasteiger partial charge in [0.2, 0.25) is 11.5 Å². The van der Waals surface area contributed by atoms with Gasteiger partial charge < -0.3 is 19.1 Å². The fourth-order valence-electron chi connectivity index (χ4n) is 3.67. The number of nitrogens with zero attached hydrogens (tertiary/aromatic N) is 1. The maximum atomic E-state index is 13.3. The molecule has 0 amide bonds. The van der Waals surface area contributed by atoms with Gasteiger partial charge in [-0.3, -0.25) is 4.79 Å². The molecule has 0 spiro atoms. The van der Waals surface area contributed by atoms with Crippen LogP contribution in [0.25, 0.3) is 17.0 Å². The smallest absolute Gasteiger partial charge is 0.377 e. The van der Waals surface area contributed by atoms with Crippen LogP contribution in [0.5, 0.6) is 0 Å². The van der Waals surface area contributed by atoms with E-state index in [4.69, 9.17) is 9.47 Å². The zero-order valence-electron chi connectivity index (χ0n) is 18.5. The molecule has 170 valence electrons. The first-order valence-electron chi connectivity index (χ1n) is 10.5. The highest BCUT2D eigenvalue weighted by atomic mass is 19.1. The maximum absolute atomic E-state index is 13.3. The third-order valence-electron chi connectivity index (χ3n) is 5.16. The molecular formula is C26H24FNO5. The summed E-state index contributed by atoms with van der Waals surface area (Å²) in [6, 6.07) is 11.8. The summed E-state index contributed by atoms with van der Waals surface area (Å²) in [5.74, 6) is -2.68. The third-order valence-corrected chi connectivity index (χ3v) is 5.16. The lowest BCUT2D eigenvalue weighted by molar-refractivity contribution is -0.159. The van der Waals surface area contributed by atoms with Crippen LogP contribution < -0.4 is 0 Å². The van der Waals surface area contributed by atoms with Crippen LogP contribution >= 0.6 is 0 Å². The van der Waals surface area contributed by atoms with E-state index in [1.807, 2.05) is 22.8 Å². The van der Waals surface area contributed by atoms with Gasteiger partial charge in [0.25, 0.3) is 0 Å². The molecule has 2 heterocycles. The van der Waals surface area contributed by atoms with Gasteiger partial charge in [-0.15, -0.1) is 0 Å². The van der Waals surface area contributed by atoms with E-state index in [9.17, 15) is 19.1 Å². The number of halogens is 1. The summed E-state index contributed by atoms with van der Waals surface area (Å²) < 4.78 is 25.8. The van der Waals surface area contributed by atoms with Crippen molar-refractivity contribution in [2.24, 2.45) is 0 Å². The van der Waals surface area contributed by atoms with Gasteiger partial charge in [0.05, 0.1) is 6.10 Å². The number of ether oxygens (including phenoxy) is 2. The number of hydrogen-bond donors (Lipinski definition) is 1. The number of aliphatic hydroxyl groups is 1. The Morgan fingerprint density at radius 2 is 1.91 bits per heavy atom. The van der Waals surface area contributed by atoms with E-state index in [0.717, 1.165) is 22.7 Å². The second-order valence-electron chi connectivity index (χ2n) is 8.44. The first-order valence-corrected chi connectivity index (χ1v) is 10.5. The number of fused-ring (bicyclic) bond motifs is 1. The molecule has 0 saturated carbocycles. The lowest BCUT2D eigenvalue weighted by Gasteiger charge is -2.13. The third kappa shape index (κ3) is 5.04. The lowest BCUT2D eigenvalue weighted by Crippen LogP contribution is -2.19. The van der Waals surface area contributed by atoms with Gasteiger partial charge in [-0.2, -0.15) is 0 Å². The van der Waals surface area contributed by atoms with E-state index in [2.05, 4.69) is 0 Å². The molecule has 1 atom stereocenters. The molecule has 0 aliphatic carbocycles. The van der Waals surface area contributed by atoms with Crippen molar-refractivity contribution in [1.82, 2.24) is 4.57 Å². The molecular weight excluding hydrogens is 425 g/mol. The van der Waals surface area contributed by atoms with E-state index in [0.29, 0.717) is 17.5 Å². The molecule has 1 N–H and O–H groups in total. The number of hydrogen-bond acceptors (Lipinski definition) is 5. The van der Waals surface area contributed by atoms with Crippen molar-refractivity contribution in [3.63, 3.8) is 0 Å². The Morgan fingerprint density at radius 1 is 1.18 bits per heavy atom. The minimum Gasteiger partial charge on any atom is -0.445 e. The Hall–Kier alpha value is -3.71. The van der Waals surface area contributed by atoms with Gasteiger partial charge in [0, 0.05) is 49.1 Å². The minimum absolute atomic E-state index is 0.144. The molecule has 1 fully saturated rings. The van der Waals surface area contributed by atoms with Crippen LogP contribution in [0.15, 0.2) is 66.6 Å². The number of ketones is 1. The number of carbonyl (C=O) groups excluding carboxylic acids is 2. The first kappa shape index (κ1) is 22.5. The largest absolute Gasteiger partial charge is 0.445 e. The highest BCUT2D eigenvalue weighted by Crippen LogP contribution is 2.29. The van der Waals surface area contributed by atoms with E-state index < -0.39 is 23.6 Å². The number of rotatable bonds is 6. The minimum atomic E-state index is -1.13. The summed E-state index contributed by atoms with van der Waals surface area (Å²) in [6.07, 6.45) is 5.66. The summed E-state index contributed by atoms with van der Waals surface area (Å²) in [4.78, 5) is 25.2. The van der Waals surface area contributed by atoms with E-state index >= 15 is 0 Å². The van der Waals surface area contributed by atoms with Crippen LogP contribution in [-0.2, 0) is 20.8 Å². The van der Waals surface area contributed by atoms with Crippen LogP contribution in [-0.4, -0.2) is 33.3 Å². The fraction of sp³-hybridized carbons (Fsp3) is 0.231. The predicted molar refractivity (Wildman–Crippen MR) is 122 cm³/mol. The van der Waals surface area contributed by atoms with Crippen molar-refractivity contribution in [3.05, 3.63) is 89.1 Å². The summed E-state index contributed by atoms with van der Waals surface area (Å²) in [5.41, 5.74) is 2.86. The average molecular weight is 449 g/mol. The zero-order valence-corrected chi connectivity index (χ0v) is 18.5. The number of cyclic esters (lactones) is 1. The number of esters is 1. The van der Waals surface area contributed by atoms with Gasteiger partial charge in [-0.25, -0.2) is 9.18 Å². The Kier molecular flexibility index (Phi) is 5.91. The number of allylic oxidation sites excluding steroid dienone is 1. The van der Waals surface area contributed by atoms with Gasteiger partial charge in [0.1, 0.15) is 5.82 Å². The molecule has 1 unspecified atom stereocenters. The molecule has 6 nitrogen and oxygen atoms in total. The van der Waals surface area contributed by atoms with Crippen molar-refractivity contribution in [1.29, 1.82) is 0 Å². The normalized spacial score (nSPS) is 17.5. The number of aromatic nitrogens is 1. The highest BCUT2D eigenvalue weighted by molar-refractivity contribution is 6.15. The van der Waals surface area contributed by atoms with Crippen molar-refractivity contribution in [2.45, 2.75) is 39.2 Å². The summed E-state index contributed by atoms with van der Waals surface area (Å²) in [7, 11) is 0. The van der Waals surface area contributed by atoms with Crippen LogP contribution in [0.3, 0.4) is 0 Å². The second-order valence-corrected chi connectivity index (χ2v) is 8.44. The Labute approximate surface area is 190 Å². The molecule has 0 radical (unpaired) electrons. The topological polar surface area (TPSA) is 77.8 Å². The Balaban J connectivity index is 1.77. The standard InChI is InChI=1S/C26H24FNO5/c1-16(29)4-5-17-8-11-22-20(12-17)21(15-28(22)14-18-6-9-19(27)10-7-18)23(30)13-24-25(31)33-26(2,3)32-24/h4-13,15-16,29H,14H2,1-3H3/b5-4+,24-13-. The second kappa shape index (κ2) is 8.67. The maximum Gasteiger partial charge on any atom is 0.377 e. The van der Waals surface area contributed by atoms with Crippen LogP contribution in [0.4, 0.5) is 4.39 Å². The molecule has 33 heavy (non-hydrogen) atoms. The van der Waals surface area contributed by atoms with Crippen LogP contribution in [0.1, 0.15) is 42.3 Å². The SMILES string of the molecule is CC(O)/C=C/c1ccc2c(c1)c(C(=O)/C=C1\OC(C)(C)OC1=O)cn2Cc1ccc(F)cc1. The molecule has 0 bridgehead atoms. The molecule has 1 aromatic heterocycles. The number of benzene rings is 2. The Bertz CT molecular complexity index is 1280. The quantitative estimate of drug-likeness (QED) is 0.338. The van der Waals surface area contributed by atoms with E-state index in [1.54, 1.807) is 51.3 Å². The Morgan fingerprint density at radius 3 is 2.55 bits per heavy atom. The zero-order chi connectivity index (χ0) is 23.8. The molecule has 3 aromatic rings. The van der Waals surface area contributed by atoms with E-state index in [-0.39, 0.29) is 11.6 Å². The highest BCUT2D eigenvalue weighted by Gasteiger charge is 2.38. The average Bonchev–Trinajstić information content (AvgIpc) is 3.23. The summed E-state index contributed by atoms with van der Waals surface area (Å²) in [5, 5.41) is 10.2. The summed E-state index contributed by atoms with van der Waals surface area (Å²) in [6.45, 7) is 5.25. The molecule has 4 rings (SSSR count). The van der Waals surface area contributed by atoms with Crippen molar-refractivity contribution < 1.29 is 28.6 Å². The van der Waals surface area contributed by atoms with Gasteiger partial charge in [-0.1, -0.05) is 30.4 Å². The van der Waals surface area contributed by atoms with Crippen LogP contribution in [0.2, 0.25) is 0 Å². The first-order chi connectivity index (χ1) is 15.6. The summed E-state index contributed by atoms with van der Waals surface area (Å²) >= 11 is 0. The monoisotopic (exact) mass is 449 g/mol. The van der Waals surface area contributed by atoms with Crippen molar-refractivity contribution >= 4 is 28.7 Å². The predicted octanol–water partition coefficient (Wildman–Crippen LogP) is 4.60. The molecule has 1 aliphatic heterocycles. The van der Waals surface area contributed by atoms with Crippen molar-refractivity contribution in [2.75, 3.05) is 0 Å². The molecule has 2 aromatic carbocycles. The van der Waals surface area contributed by atoms with Gasteiger partial charge >= 0.3 is 5.97 Å². The molecule has 1 aliphatic rings.